The Morgan fingerprint density at radius 3 is 1.24 bits per heavy atom. The van der Waals surface area contributed by atoms with Crippen LogP contribution >= 0.6 is 0 Å². The first-order valence-corrected chi connectivity index (χ1v) is 16.2. The first-order valence-electron chi connectivity index (χ1n) is 16.2. The zero-order chi connectivity index (χ0) is 35.3. The maximum absolute atomic E-state index is 16.2. The average molecular weight is 677 g/mol. The molecule has 0 amide bonds. The maximum Gasteiger partial charge on any atom is 0.420 e. The molecular formula is C42H30F6N2. The van der Waals surface area contributed by atoms with Crippen LogP contribution in [0.5, 0.6) is 0 Å². The van der Waals surface area contributed by atoms with Crippen LogP contribution in [0.3, 0.4) is 0 Å². The Morgan fingerprint density at radius 1 is 0.400 bits per heavy atom. The summed E-state index contributed by atoms with van der Waals surface area (Å²) in [6, 6.07) is 29.4. The lowest BCUT2D eigenvalue weighted by molar-refractivity contribution is -0.137. The van der Waals surface area contributed by atoms with Crippen molar-refractivity contribution in [2.45, 2.75) is 40.0 Å². The number of nitrogens with zero attached hydrogens (tertiary/aromatic N) is 2. The molecule has 0 atom stereocenters. The molecular weight excluding hydrogens is 646 g/mol. The molecule has 50 heavy (non-hydrogen) atoms. The molecule has 0 saturated carbocycles. The Labute approximate surface area is 283 Å². The van der Waals surface area contributed by atoms with Crippen molar-refractivity contribution in [3.05, 3.63) is 143 Å². The zero-order valence-corrected chi connectivity index (χ0v) is 27.6. The third kappa shape index (κ3) is 4.57. The second-order valence-electron chi connectivity index (χ2n) is 12.9. The minimum absolute atomic E-state index is 0.174. The molecule has 8 heteroatoms. The molecule has 0 unspecified atom stereocenters. The van der Waals surface area contributed by atoms with Gasteiger partial charge in [-0.15, -0.1) is 0 Å². The van der Waals surface area contributed by atoms with E-state index >= 15 is 13.2 Å². The number of halogens is 6. The smallest absolute Gasteiger partial charge is 0.309 e. The summed E-state index contributed by atoms with van der Waals surface area (Å²) in [6.07, 6.45) is -9.82. The monoisotopic (exact) mass is 676 g/mol. The number of aryl methyl sites for hydroxylation is 4. The standard InChI is InChI=1S/C42H30F6N2/c1-23-11-7-17-30-35(23)36-24(2)12-8-18-31(36)49(30)34-22-21-28(27-15-5-6-16-29(27)41(43,44)45)40(39(34)42(46,47)48)50-32-19-9-13-25(3)37(32)38-26(4)14-10-20-33(38)50/h5-22H,1-4H3. The second-order valence-corrected chi connectivity index (χ2v) is 12.9. The summed E-state index contributed by atoms with van der Waals surface area (Å²) in [5, 5.41) is 3.14. The Morgan fingerprint density at radius 2 is 0.820 bits per heavy atom. The Balaban J connectivity index is 1.66. The van der Waals surface area contributed by atoms with Crippen LogP contribution in [0, 0.1) is 27.7 Å². The molecule has 0 aliphatic rings. The van der Waals surface area contributed by atoms with Gasteiger partial charge < -0.3 is 9.13 Å². The van der Waals surface area contributed by atoms with E-state index in [1.807, 2.05) is 64.1 Å². The van der Waals surface area contributed by atoms with E-state index in [4.69, 9.17) is 0 Å². The van der Waals surface area contributed by atoms with E-state index in [1.54, 1.807) is 41.0 Å². The SMILES string of the molecule is Cc1cccc2c1c1c(C)cccc1n2-c1ccc(-c2ccccc2C(F)(F)F)c(-n2c3cccc(C)c3c3c(C)cccc32)c1C(F)(F)F. The highest BCUT2D eigenvalue weighted by molar-refractivity contribution is 6.14. The number of hydrogen-bond acceptors (Lipinski definition) is 0. The molecule has 2 aromatic heterocycles. The normalized spacial score (nSPS) is 12.6. The van der Waals surface area contributed by atoms with Crippen LogP contribution in [0.2, 0.25) is 0 Å². The Kier molecular flexibility index (Phi) is 6.99. The number of benzene rings is 6. The Hall–Kier alpha value is -5.50. The van der Waals surface area contributed by atoms with Crippen LogP contribution in [0.1, 0.15) is 33.4 Å². The van der Waals surface area contributed by atoms with Crippen molar-refractivity contribution in [2.24, 2.45) is 0 Å². The van der Waals surface area contributed by atoms with Gasteiger partial charge in [-0.25, -0.2) is 0 Å². The van der Waals surface area contributed by atoms with Gasteiger partial charge in [-0.2, -0.15) is 26.3 Å². The van der Waals surface area contributed by atoms with E-state index < -0.39 is 23.5 Å². The van der Waals surface area contributed by atoms with Crippen molar-refractivity contribution >= 4 is 43.6 Å². The molecule has 0 aliphatic heterocycles. The van der Waals surface area contributed by atoms with Gasteiger partial charge in [-0.1, -0.05) is 72.8 Å². The molecule has 8 rings (SSSR count). The third-order valence-corrected chi connectivity index (χ3v) is 9.89. The molecule has 8 aromatic rings. The van der Waals surface area contributed by atoms with E-state index in [2.05, 4.69) is 0 Å². The number of aromatic nitrogens is 2. The van der Waals surface area contributed by atoms with Crippen LogP contribution in [0.4, 0.5) is 26.3 Å². The minimum Gasteiger partial charge on any atom is -0.309 e. The summed E-state index contributed by atoms with van der Waals surface area (Å²) in [5.41, 5.74) is 2.47. The molecule has 0 fully saturated rings. The van der Waals surface area contributed by atoms with Crippen molar-refractivity contribution in [3.8, 4) is 22.5 Å². The summed E-state index contributed by atoms with van der Waals surface area (Å²) >= 11 is 0. The molecule has 0 aliphatic carbocycles. The van der Waals surface area contributed by atoms with Gasteiger partial charge in [-0.05, 0) is 91.9 Å². The van der Waals surface area contributed by atoms with Gasteiger partial charge in [0, 0.05) is 27.1 Å². The van der Waals surface area contributed by atoms with Crippen LogP contribution in [0.15, 0.2) is 109 Å². The number of hydrogen-bond donors (Lipinski definition) is 0. The average Bonchev–Trinajstić information content (AvgIpc) is 3.59. The fourth-order valence-corrected chi connectivity index (χ4v) is 7.88. The third-order valence-electron chi connectivity index (χ3n) is 9.89. The molecule has 0 spiro atoms. The van der Waals surface area contributed by atoms with Gasteiger partial charge in [0.05, 0.1) is 39.0 Å². The molecule has 0 bridgehead atoms. The second kappa shape index (κ2) is 11.0. The summed E-state index contributed by atoms with van der Waals surface area (Å²) < 4.78 is 95.6. The highest BCUT2D eigenvalue weighted by Crippen LogP contribution is 2.50. The van der Waals surface area contributed by atoms with E-state index in [0.717, 1.165) is 49.9 Å². The van der Waals surface area contributed by atoms with Crippen molar-refractivity contribution in [1.82, 2.24) is 9.13 Å². The lowest BCUT2D eigenvalue weighted by Crippen LogP contribution is -2.17. The van der Waals surface area contributed by atoms with E-state index in [0.29, 0.717) is 22.1 Å². The summed E-state index contributed by atoms with van der Waals surface area (Å²) in [4.78, 5) is 0. The number of rotatable bonds is 3. The van der Waals surface area contributed by atoms with Crippen molar-refractivity contribution in [3.63, 3.8) is 0 Å². The predicted octanol–water partition coefficient (Wildman–Crippen LogP) is 12.8. The van der Waals surface area contributed by atoms with E-state index in [9.17, 15) is 13.2 Å². The molecule has 0 saturated heterocycles. The molecule has 250 valence electrons. The minimum atomic E-state index is -5.00. The Bertz CT molecular complexity index is 2550. The molecule has 2 nitrogen and oxygen atoms in total. The van der Waals surface area contributed by atoms with Gasteiger partial charge in [0.25, 0.3) is 0 Å². The predicted molar refractivity (Wildman–Crippen MR) is 190 cm³/mol. The van der Waals surface area contributed by atoms with Crippen molar-refractivity contribution in [1.29, 1.82) is 0 Å². The van der Waals surface area contributed by atoms with Crippen molar-refractivity contribution in [2.75, 3.05) is 0 Å². The van der Waals surface area contributed by atoms with Crippen LogP contribution in [-0.4, -0.2) is 9.13 Å². The maximum atomic E-state index is 16.2. The summed E-state index contributed by atoms with van der Waals surface area (Å²) in [7, 11) is 0. The van der Waals surface area contributed by atoms with Crippen LogP contribution in [-0.2, 0) is 12.4 Å². The highest BCUT2D eigenvalue weighted by Gasteiger charge is 2.42. The van der Waals surface area contributed by atoms with Crippen LogP contribution < -0.4 is 0 Å². The van der Waals surface area contributed by atoms with E-state index in [-0.39, 0.29) is 22.5 Å². The topological polar surface area (TPSA) is 9.86 Å². The summed E-state index contributed by atoms with van der Waals surface area (Å²) in [6.45, 7) is 7.63. The van der Waals surface area contributed by atoms with E-state index in [1.165, 1.54) is 34.9 Å². The fourth-order valence-electron chi connectivity index (χ4n) is 7.88. The molecule has 6 aromatic carbocycles. The molecule has 0 N–H and O–H groups in total. The number of fused-ring (bicyclic) bond motifs is 6. The lowest BCUT2D eigenvalue weighted by Gasteiger charge is -2.25. The highest BCUT2D eigenvalue weighted by atomic mass is 19.4. The van der Waals surface area contributed by atoms with Gasteiger partial charge >= 0.3 is 12.4 Å². The first-order chi connectivity index (χ1) is 23.8. The molecule has 0 radical (unpaired) electrons. The first kappa shape index (κ1) is 31.7. The summed E-state index contributed by atoms with van der Waals surface area (Å²) in [5.74, 6) is 0. The fraction of sp³-hybridized carbons (Fsp3) is 0.143. The lowest BCUT2D eigenvalue weighted by atomic mass is 9.93. The van der Waals surface area contributed by atoms with Crippen LogP contribution in [0.25, 0.3) is 66.1 Å². The zero-order valence-electron chi connectivity index (χ0n) is 27.6. The number of alkyl halides is 6. The quantitative estimate of drug-likeness (QED) is 0.165. The van der Waals surface area contributed by atoms with Gasteiger partial charge in [0.15, 0.2) is 0 Å². The largest absolute Gasteiger partial charge is 0.420 e. The van der Waals surface area contributed by atoms with Gasteiger partial charge in [0.2, 0.25) is 0 Å². The van der Waals surface area contributed by atoms with Gasteiger partial charge in [-0.3, -0.25) is 0 Å². The van der Waals surface area contributed by atoms with Gasteiger partial charge in [0.1, 0.15) is 5.56 Å². The van der Waals surface area contributed by atoms with Crippen molar-refractivity contribution < 1.29 is 26.3 Å². The molecule has 2 heterocycles.